The lowest BCUT2D eigenvalue weighted by atomic mass is 9.95. The Morgan fingerprint density at radius 1 is 1.00 bits per heavy atom. The van der Waals surface area contributed by atoms with Gasteiger partial charge in [-0.1, -0.05) is 50.9 Å². The van der Waals surface area contributed by atoms with Gasteiger partial charge in [-0.3, -0.25) is 0 Å². The Morgan fingerprint density at radius 2 is 1.56 bits per heavy atom. The van der Waals surface area contributed by atoms with Crippen molar-refractivity contribution in [2.75, 3.05) is 5.32 Å². The lowest BCUT2D eigenvalue weighted by molar-refractivity contribution is 0.442. The molecule has 0 amide bonds. The van der Waals surface area contributed by atoms with E-state index in [9.17, 15) is 0 Å². The van der Waals surface area contributed by atoms with Gasteiger partial charge in [-0.15, -0.1) is 0 Å². The molecule has 18 heavy (non-hydrogen) atoms. The smallest absolute Gasteiger partial charge is 0.0638 e. The number of halogens is 2. The molecule has 1 N–H and O–H groups in total. The van der Waals surface area contributed by atoms with Gasteiger partial charge in [0.1, 0.15) is 0 Å². The third-order valence-corrected chi connectivity index (χ3v) is 3.36. The van der Waals surface area contributed by atoms with Gasteiger partial charge in [0.15, 0.2) is 0 Å². The minimum Gasteiger partial charge on any atom is -0.381 e. The van der Waals surface area contributed by atoms with E-state index in [4.69, 9.17) is 23.2 Å². The molecule has 0 saturated carbocycles. The maximum absolute atomic E-state index is 6.19. The van der Waals surface area contributed by atoms with Crippen LogP contribution in [0, 0.1) is 11.8 Å². The molecule has 0 fully saturated rings. The SMILES string of the molecule is CC(C)CC(CC(C)C)Nc1cc(Cl)ccc1Cl. The molecule has 0 aliphatic carbocycles. The number of benzene rings is 1. The molecule has 3 heteroatoms. The van der Waals surface area contributed by atoms with Crippen molar-refractivity contribution >= 4 is 28.9 Å². The zero-order valence-electron chi connectivity index (χ0n) is 11.6. The summed E-state index contributed by atoms with van der Waals surface area (Å²) in [5, 5.41) is 4.99. The van der Waals surface area contributed by atoms with E-state index < -0.39 is 0 Å². The monoisotopic (exact) mass is 287 g/mol. The Kier molecular flexibility index (Phi) is 6.31. The Hall–Kier alpha value is -0.400. The van der Waals surface area contributed by atoms with Crippen molar-refractivity contribution < 1.29 is 0 Å². The summed E-state index contributed by atoms with van der Waals surface area (Å²) in [5.41, 5.74) is 0.940. The van der Waals surface area contributed by atoms with E-state index in [2.05, 4.69) is 33.0 Å². The molecule has 0 unspecified atom stereocenters. The van der Waals surface area contributed by atoms with Crippen molar-refractivity contribution in [2.24, 2.45) is 11.8 Å². The standard InChI is InChI=1S/C15H23Cl2N/c1-10(2)7-13(8-11(3)4)18-15-9-12(16)5-6-14(15)17/h5-6,9-11,13,18H,7-8H2,1-4H3. The lowest BCUT2D eigenvalue weighted by Gasteiger charge is -2.24. The van der Waals surface area contributed by atoms with E-state index in [1.807, 2.05) is 18.2 Å². The quantitative estimate of drug-likeness (QED) is 0.690. The van der Waals surface area contributed by atoms with E-state index in [0.717, 1.165) is 28.6 Å². The molecular formula is C15H23Cl2N. The van der Waals surface area contributed by atoms with Gasteiger partial charge in [0.2, 0.25) is 0 Å². The summed E-state index contributed by atoms with van der Waals surface area (Å²) < 4.78 is 0. The van der Waals surface area contributed by atoms with Gasteiger partial charge in [0.25, 0.3) is 0 Å². The van der Waals surface area contributed by atoms with Crippen molar-refractivity contribution in [3.05, 3.63) is 28.2 Å². The van der Waals surface area contributed by atoms with Crippen molar-refractivity contribution in [3.63, 3.8) is 0 Å². The maximum atomic E-state index is 6.19. The molecule has 0 spiro atoms. The Labute approximate surface area is 121 Å². The van der Waals surface area contributed by atoms with Crippen LogP contribution in [-0.2, 0) is 0 Å². The number of hydrogen-bond acceptors (Lipinski definition) is 1. The summed E-state index contributed by atoms with van der Waals surface area (Å²) >= 11 is 12.2. The second-order valence-corrected chi connectivity index (χ2v) is 6.57. The Balaban J connectivity index is 2.77. The van der Waals surface area contributed by atoms with E-state index >= 15 is 0 Å². The second-order valence-electron chi connectivity index (χ2n) is 5.72. The first-order chi connectivity index (χ1) is 8.38. The van der Waals surface area contributed by atoms with Crippen molar-refractivity contribution in [2.45, 2.75) is 46.6 Å². The topological polar surface area (TPSA) is 12.0 Å². The van der Waals surface area contributed by atoms with E-state index in [1.54, 1.807) is 0 Å². The zero-order chi connectivity index (χ0) is 13.7. The largest absolute Gasteiger partial charge is 0.381 e. The van der Waals surface area contributed by atoms with Crippen LogP contribution in [-0.4, -0.2) is 6.04 Å². The predicted molar refractivity (Wildman–Crippen MR) is 82.8 cm³/mol. The fourth-order valence-corrected chi connectivity index (χ4v) is 2.52. The third-order valence-electron chi connectivity index (χ3n) is 2.80. The summed E-state index contributed by atoms with van der Waals surface area (Å²) in [6, 6.07) is 6.00. The van der Waals surface area contributed by atoms with Crippen LogP contribution in [0.3, 0.4) is 0 Å². The molecular weight excluding hydrogens is 265 g/mol. The van der Waals surface area contributed by atoms with Crippen LogP contribution in [0.4, 0.5) is 5.69 Å². The summed E-state index contributed by atoms with van der Waals surface area (Å²) in [6.07, 6.45) is 2.28. The van der Waals surface area contributed by atoms with Gasteiger partial charge in [0, 0.05) is 11.1 Å². The summed E-state index contributed by atoms with van der Waals surface area (Å²) in [6.45, 7) is 8.98. The third kappa shape index (κ3) is 5.49. The molecule has 0 aliphatic heterocycles. The molecule has 1 nitrogen and oxygen atoms in total. The first kappa shape index (κ1) is 15.7. The molecule has 1 rings (SSSR count). The van der Waals surface area contributed by atoms with Crippen molar-refractivity contribution in [1.82, 2.24) is 0 Å². The highest BCUT2D eigenvalue weighted by atomic mass is 35.5. The Morgan fingerprint density at radius 3 is 2.06 bits per heavy atom. The highest BCUT2D eigenvalue weighted by molar-refractivity contribution is 6.35. The van der Waals surface area contributed by atoms with Gasteiger partial charge in [-0.2, -0.15) is 0 Å². The minimum absolute atomic E-state index is 0.445. The molecule has 1 aromatic carbocycles. The van der Waals surface area contributed by atoms with Crippen LogP contribution in [0.2, 0.25) is 10.0 Å². The van der Waals surface area contributed by atoms with Crippen LogP contribution < -0.4 is 5.32 Å². The Bertz CT molecular complexity index is 365. The predicted octanol–water partition coefficient (Wildman–Crippen LogP) is 5.87. The molecule has 0 aromatic heterocycles. The maximum Gasteiger partial charge on any atom is 0.0638 e. The fourth-order valence-electron chi connectivity index (χ4n) is 2.18. The van der Waals surface area contributed by atoms with Crippen LogP contribution in [0.15, 0.2) is 18.2 Å². The highest BCUT2D eigenvalue weighted by Gasteiger charge is 2.14. The fraction of sp³-hybridized carbons (Fsp3) is 0.600. The van der Waals surface area contributed by atoms with Crippen molar-refractivity contribution in [1.29, 1.82) is 0 Å². The van der Waals surface area contributed by atoms with Gasteiger partial charge >= 0.3 is 0 Å². The molecule has 0 saturated heterocycles. The van der Waals surface area contributed by atoms with Crippen LogP contribution >= 0.6 is 23.2 Å². The number of rotatable bonds is 6. The van der Waals surface area contributed by atoms with E-state index in [0.29, 0.717) is 17.9 Å². The van der Waals surface area contributed by atoms with Gasteiger partial charge in [-0.25, -0.2) is 0 Å². The summed E-state index contributed by atoms with van der Waals surface area (Å²) in [5.74, 6) is 1.33. The summed E-state index contributed by atoms with van der Waals surface area (Å²) in [7, 11) is 0. The molecule has 0 bridgehead atoms. The van der Waals surface area contributed by atoms with Gasteiger partial charge < -0.3 is 5.32 Å². The number of nitrogens with one attached hydrogen (secondary N) is 1. The normalized spacial score (nSPS) is 11.6. The zero-order valence-corrected chi connectivity index (χ0v) is 13.1. The number of anilines is 1. The van der Waals surface area contributed by atoms with Crippen LogP contribution in [0.5, 0.6) is 0 Å². The molecule has 0 aliphatic rings. The van der Waals surface area contributed by atoms with E-state index in [1.165, 1.54) is 0 Å². The highest BCUT2D eigenvalue weighted by Crippen LogP contribution is 2.28. The molecule has 0 atom stereocenters. The molecule has 0 heterocycles. The lowest BCUT2D eigenvalue weighted by Crippen LogP contribution is -2.23. The average molecular weight is 288 g/mol. The molecule has 102 valence electrons. The summed E-state index contributed by atoms with van der Waals surface area (Å²) in [4.78, 5) is 0. The molecule has 0 radical (unpaired) electrons. The van der Waals surface area contributed by atoms with Crippen LogP contribution in [0.1, 0.15) is 40.5 Å². The van der Waals surface area contributed by atoms with Gasteiger partial charge in [0.05, 0.1) is 10.7 Å². The second kappa shape index (κ2) is 7.25. The first-order valence-corrected chi connectivity index (χ1v) is 7.35. The van der Waals surface area contributed by atoms with Gasteiger partial charge in [-0.05, 0) is 42.9 Å². The number of hydrogen-bond donors (Lipinski definition) is 1. The minimum atomic E-state index is 0.445. The van der Waals surface area contributed by atoms with Crippen LogP contribution in [0.25, 0.3) is 0 Å². The average Bonchev–Trinajstić information content (AvgIpc) is 2.21. The molecule has 1 aromatic rings. The first-order valence-electron chi connectivity index (χ1n) is 6.60. The van der Waals surface area contributed by atoms with E-state index in [-0.39, 0.29) is 0 Å². The van der Waals surface area contributed by atoms with Crippen molar-refractivity contribution in [3.8, 4) is 0 Å².